The van der Waals surface area contributed by atoms with Crippen LogP contribution in [0, 0.1) is 0 Å². The van der Waals surface area contributed by atoms with Gasteiger partial charge in [-0.15, -0.1) is 6.58 Å². The number of ether oxygens (including phenoxy) is 1. The molecule has 0 aliphatic heterocycles. The van der Waals surface area contributed by atoms with Gasteiger partial charge in [0.2, 0.25) is 0 Å². The van der Waals surface area contributed by atoms with Crippen molar-refractivity contribution in [3.63, 3.8) is 0 Å². The molecule has 0 heterocycles. The lowest BCUT2D eigenvalue weighted by molar-refractivity contribution is -0.139. The number of hydrogen-bond donors (Lipinski definition) is 2. The van der Waals surface area contributed by atoms with E-state index in [0.717, 1.165) is 0 Å². The van der Waals surface area contributed by atoms with E-state index < -0.39 is 12.6 Å². The molecule has 6 nitrogen and oxygen atoms in total. The van der Waals surface area contributed by atoms with Crippen LogP contribution in [0.15, 0.2) is 36.9 Å². The number of anilines is 1. The minimum Gasteiger partial charge on any atom is -0.482 e. The van der Waals surface area contributed by atoms with Gasteiger partial charge in [0.15, 0.2) is 6.61 Å². The van der Waals surface area contributed by atoms with E-state index in [2.05, 4.69) is 11.9 Å². The molecule has 0 aliphatic carbocycles. The molecule has 0 saturated carbocycles. The number of amides is 2. The number of carbonyl (C=O) groups excluding carboxylic acids is 1. The lowest BCUT2D eigenvalue weighted by Crippen LogP contribution is -2.31. The first-order valence-electron chi connectivity index (χ1n) is 5.60. The van der Waals surface area contributed by atoms with Crippen LogP contribution < -0.4 is 10.1 Å². The van der Waals surface area contributed by atoms with Crippen LogP contribution in [0.4, 0.5) is 10.5 Å². The van der Waals surface area contributed by atoms with Crippen LogP contribution in [0.25, 0.3) is 0 Å². The standard InChI is InChI=1S/C13H16N2O4/c1-3-8-15(2)13(18)14-10-4-6-11(7-5-10)19-9-12(16)17/h3-7H,1,8-9H2,2H3,(H,14,18)(H,16,17). The van der Waals surface area contributed by atoms with Crippen LogP contribution in [0.5, 0.6) is 5.75 Å². The summed E-state index contributed by atoms with van der Waals surface area (Å²) in [5, 5.41) is 11.2. The monoisotopic (exact) mass is 264 g/mol. The van der Waals surface area contributed by atoms with Crippen molar-refractivity contribution in [1.29, 1.82) is 0 Å². The Labute approximate surface area is 111 Å². The summed E-state index contributed by atoms with van der Waals surface area (Å²) in [5.74, 6) is -0.608. The Morgan fingerprint density at radius 3 is 2.58 bits per heavy atom. The second-order valence-electron chi connectivity index (χ2n) is 3.81. The zero-order valence-electron chi connectivity index (χ0n) is 10.6. The van der Waals surface area contributed by atoms with Crippen molar-refractivity contribution in [2.75, 3.05) is 25.5 Å². The average molecular weight is 264 g/mol. The van der Waals surface area contributed by atoms with Crippen LogP contribution in [0.2, 0.25) is 0 Å². The van der Waals surface area contributed by atoms with E-state index in [1.54, 1.807) is 37.4 Å². The smallest absolute Gasteiger partial charge is 0.341 e. The summed E-state index contributed by atoms with van der Waals surface area (Å²) in [6.45, 7) is 3.61. The summed E-state index contributed by atoms with van der Waals surface area (Å²) < 4.78 is 4.98. The third-order valence-corrected chi connectivity index (χ3v) is 2.22. The fraction of sp³-hybridized carbons (Fsp3) is 0.231. The van der Waals surface area contributed by atoms with Gasteiger partial charge in [-0.25, -0.2) is 9.59 Å². The van der Waals surface area contributed by atoms with Crippen LogP contribution in [-0.2, 0) is 4.79 Å². The molecule has 1 rings (SSSR count). The Bertz CT molecular complexity index is 456. The Morgan fingerprint density at radius 2 is 2.05 bits per heavy atom. The van der Waals surface area contributed by atoms with Gasteiger partial charge in [-0.2, -0.15) is 0 Å². The predicted octanol–water partition coefficient (Wildman–Crippen LogP) is 1.80. The first-order chi connectivity index (χ1) is 9.02. The normalized spacial score (nSPS) is 9.53. The van der Waals surface area contributed by atoms with Gasteiger partial charge in [0.1, 0.15) is 5.75 Å². The van der Waals surface area contributed by atoms with E-state index in [4.69, 9.17) is 9.84 Å². The summed E-state index contributed by atoms with van der Waals surface area (Å²) in [7, 11) is 1.65. The quantitative estimate of drug-likeness (QED) is 0.768. The number of benzene rings is 1. The van der Waals surface area contributed by atoms with Crippen LogP contribution in [-0.4, -0.2) is 42.2 Å². The van der Waals surface area contributed by atoms with Crippen molar-refractivity contribution in [3.05, 3.63) is 36.9 Å². The summed E-state index contributed by atoms with van der Waals surface area (Å²) in [5.41, 5.74) is 0.601. The van der Waals surface area contributed by atoms with E-state index in [1.807, 2.05) is 0 Å². The van der Waals surface area contributed by atoms with Gasteiger partial charge in [-0.3, -0.25) is 0 Å². The zero-order valence-corrected chi connectivity index (χ0v) is 10.6. The van der Waals surface area contributed by atoms with Crippen molar-refractivity contribution in [2.45, 2.75) is 0 Å². The maximum Gasteiger partial charge on any atom is 0.341 e. The summed E-state index contributed by atoms with van der Waals surface area (Å²) >= 11 is 0. The molecule has 0 bridgehead atoms. The molecule has 2 amide bonds. The minimum atomic E-state index is -1.04. The Kier molecular flexibility index (Phi) is 5.40. The van der Waals surface area contributed by atoms with E-state index in [0.29, 0.717) is 18.0 Å². The molecule has 19 heavy (non-hydrogen) atoms. The predicted molar refractivity (Wildman–Crippen MR) is 71.4 cm³/mol. The molecule has 1 aromatic carbocycles. The van der Waals surface area contributed by atoms with Gasteiger partial charge in [-0.05, 0) is 24.3 Å². The van der Waals surface area contributed by atoms with Gasteiger partial charge in [0.05, 0.1) is 0 Å². The molecule has 0 saturated heterocycles. The van der Waals surface area contributed by atoms with Gasteiger partial charge >= 0.3 is 12.0 Å². The fourth-order valence-corrected chi connectivity index (χ4v) is 1.28. The van der Waals surface area contributed by atoms with Crippen LogP contribution in [0.3, 0.4) is 0 Å². The second-order valence-corrected chi connectivity index (χ2v) is 3.81. The highest BCUT2D eigenvalue weighted by Crippen LogP contribution is 2.15. The van der Waals surface area contributed by atoms with E-state index >= 15 is 0 Å². The zero-order chi connectivity index (χ0) is 14.3. The minimum absolute atomic E-state index is 0.251. The van der Waals surface area contributed by atoms with Crippen molar-refractivity contribution in [2.24, 2.45) is 0 Å². The first-order valence-corrected chi connectivity index (χ1v) is 5.60. The number of nitrogens with one attached hydrogen (secondary N) is 1. The topological polar surface area (TPSA) is 78.9 Å². The molecule has 0 unspecified atom stereocenters. The Morgan fingerprint density at radius 1 is 1.42 bits per heavy atom. The maximum atomic E-state index is 11.7. The fourth-order valence-electron chi connectivity index (χ4n) is 1.28. The molecule has 0 atom stereocenters. The molecule has 0 radical (unpaired) electrons. The number of carboxylic acids is 1. The van der Waals surface area contributed by atoms with Crippen LogP contribution in [0.1, 0.15) is 0 Å². The Balaban J connectivity index is 2.54. The van der Waals surface area contributed by atoms with E-state index in [9.17, 15) is 9.59 Å². The highest BCUT2D eigenvalue weighted by molar-refractivity contribution is 5.89. The molecule has 6 heteroatoms. The lowest BCUT2D eigenvalue weighted by Gasteiger charge is -2.15. The molecule has 0 aliphatic rings. The molecule has 0 spiro atoms. The number of carboxylic acid groups (broad SMARTS) is 1. The second kappa shape index (κ2) is 7.05. The third kappa shape index (κ3) is 5.12. The van der Waals surface area contributed by atoms with Gasteiger partial charge in [0.25, 0.3) is 0 Å². The summed E-state index contributed by atoms with van der Waals surface area (Å²) in [4.78, 5) is 23.5. The molecular weight excluding hydrogens is 248 g/mol. The van der Waals surface area contributed by atoms with Gasteiger partial charge in [-0.1, -0.05) is 6.08 Å². The number of urea groups is 1. The number of aliphatic carboxylic acids is 1. The van der Waals surface area contributed by atoms with Crippen molar-refractivity contribution in [1.82, 2.24) is 4.90 Å². The van der Waals surface area contributed by atoms with Crippen LogP contribution >= 0.6 is 0 Å². The van der Waals surface area contributed by atoms with Crippen molar-refractivity contribution in [3.8, 4) is 5.75 Å². The highest BCUT2D eigenvalue weighted by Gasteiger charge is 2.07. The molecule has 0 fully saturated rings. The molecule has 0 aromatic heterocycles. The van der Waals surface area contributed by atoms with E-state index in [-0.39, 0.29) is 6.03 Å². The number of carbonyl (C=O) groups is 2. The van der Waals surface area contributed by atoms with E-state index in [1.165, 1.54) is 4.90 Å². The van der Waals surface area contributed by atoms with Gasteiger partial charge < -0.3 is 20.1 Å². The molecular formula is C13H16N2O4. The SMILES string of the molecule is C=CCN(C)C(=O)Nc1ccc(OCC(=O)O)cc1. The number of likely N-dealkylation sites (N-methyl/N-ethyl adjacent to an activating group) is 1. The highest BCUT2D eigenvalue weighted by atomic mass is 16.5. The third-order valence-electron chi connectivity index (χ3n) is 2.22. The van der Waals surface area contributed by atoms with Gasteiger partial charge in [0, 0.05) is 19.3 Å². The van der Waals surface area contributed by atoms with Crippen molar-refractivity contribution >= 4 is 17.7 Å². The number of rotatable bonds is 6. The number of nitrogens with zero attached hydrogens (tertiary/aromatic N) is 1. The number of hydrogen-bond acceptors (Lipinski definition) is 3. The molecule has 1 aromatic rings. The lowest BCUT2D eigenvalue weighted by atomic mass is 10.3. The average Bonchev–Trinajstić information content (AvgIpc) is 2.38. The molecule has 2 N–H and O–H groups in total. The largest absolute Gasteiger partial charge is 0.482 e. The first kappa shape index (κ1) is 14.6. The molecule has 102 valence electrons. The van der Waals surface area contributed by atoms with Crippen molar-refractivity contribution < 1.29 is 19.4 Å². The maximum absolute atomic E-state index is 11.7. The summed E-state index contributed by atoms with van der Waals surface area (Å²) in [6.07, 6.45) is 1.63. The summed E-state index contributed by atoms with van der Waals surface area (Å²) in [6, 6.07) is 6.20. The Hall–Kier alpha value is -2.50.